The monoisotopic (exact) mass is 528 g/mol. The molecule has 0 spiro atoms. The van der Waals surface area contributed by atoms with Crippen LogP contribution in [0.3, 0.4) is 0 Å². The summed E-state index contributed by atoms with van der Waals surface area (Å²) in [6, 6.07) is 18.1. The fraction of sp³-hybridized carbons (Fsp3) is 0.312. The molecule has 204 valence electrons. The Morgan fingerprint density at radius 2 is 1.56 bits per heavy atom. The number of carbonyl (C=O) groups is 2. The van der Waals surface area contributed by atoms with E-state index in [-0.39, 0.29) is 17.9 Å². The van der Waals surface area contributed by atoms with E-state index in [1.165, 1.54) is 14.2 Å². The Bertz CT molecular complexity index is 1410. The number of hydrogen-bond acceptors (Lipinski definition) is 6. The summed E-state index contributed by atoms with van der Waals surface area (Å²) in [5, 5.41) is 11.5. The van der Waals surface area contributed by atoms with Crippen LogP contribution in [-0.4, -0.2) is 49.0 Å². The molecule has 1 saturated heterocycles. The molecule has 1 atom stereocenters. The van der Waals surface area contributed by atoms with Crippen LogP contribution in [0.4, 0.5) is 5.69 Å². The van der Waals surface area contributed by atoms with Crippen LogP contribution >= 0.6 is 0 Å². The van der Waals surface area contributed by atoms with Crippen molar-refractivity contribution >= 4 is 23.1 Å². The van der Waals surface area contributed by atoms with Crippen LogP contribution < -0.4 is 14.4 Å². The molecule has 0 saturated carbocycles. The summed E-state index contributed by atoms with van der Waals surface area (Å²) in [5.41, 5.74) is 5.26. The molecular formula is C32H36N2O5. The van der Waals surface area contributed by atoms with Gasteiger partial charge in [-0.25, -0.2) is 0 Å². The van der Waals surface area contributed by atoms with Crippen molar-refractivity contribution in [3.63, 3.8) is 0 Å². The highest BCUT2D eigenvalue weighted by Gasteiger charge is 2.46. The first-order valence-corrected chi connectivity index (χ1v) is 13.2. The molecule has 1 fully saturated rings. The molecule has 3 aromatic rings. The number of aliphatic hydroxyl groups is 1. The molecule has 4 rings (SSSR count). The van der Waals surface area contributed by atoms with Crippen molar-refractivity contribution in [1.29, 1.82) is 0 Å². The average Bonchev–Trinajstić information content (AvgIpc) is 3.20. The average molecular weight is 529 g/mol. The molecular weight excluding hydrogens is 492 g/mol. The van der Waals surface area contributed by atoms with Crippen LogP contribution in [0.5, 0.6) is 11.5 Å². The summed E-state index contributed by atoms with van der Waals surface area (Å²) < 4.78 is 10.7. The molecule has 0 radical (unpaired) electrons. The number of aliphatic hydroxyl groups excluding tert-OH is 1. The number of hydrogen-bond donors (Lipinski definition) is 1. The Morgan fingerprint density at radius 1 is 0.897 bits per heavy atom. The lowest BCUT2D eigenvalue weighted by atomic mass is 9.94. The van der Waals surface area contributed by atoms with Gasteiger partial charge in [-0.3, -0.25) is 9.59 Å². The lowest BCUT2D eigenvalue weighted by Crippen LogP contribution is -2.29. The van der Waals surface area contributed by atoms with E-state index in [4.69, 9.17) is 9.47 Å². The zero-order valence-corrected chi connectivity index (χ0v) is 23.4. The molecule has 0 aromatic heterocycles. The summed E-state index contributed by atoms with van der Waals surface area (Å²) in [6.45, 7) is 10.1. The third-order valence-corrected chi connectivity index (χ3v) is 7.38. The second-order valence-electron chi connectivity index (χ2n) is 9.69. The van der Waals surface area contributed by atoms with E-state index < -0.39 is 17.7 Å². The Kier molecular flexibility index (Phi) is 8.29. The van der Waals surface area contributed by atoms with Gasteiger partial charge in [-0.1, -0.05) is 35.9 Å². The van der Waals surface area contributed by atoms with Crippen molar-refractivity contribution in [3.8, 4) is 11.5 Å². The van der Waals surface area contributed by atoms with Gasteiger partial charge in [-0.05, 0) is 74.7 Å². The van der Waals surface area contributed by atoms with E-state index >= 15 is 0 Å². The molecule has 7 nitrogen and oxygen atoms in total. The van der Waals surface area contributed by atoms with Crippen molar-refractivity contribution in [2.45, 2.75) is 40.3 Å². The van der Waals surface area contributed by atoms with Crippen molar-refractivity contribution in [2.75, 3.05) is 32.2 Å². The first-order chi connectivity index (χ1) is 18.7. The molecule has 1 aliphatic heterocycles. The normalized spacial score (nSPS) is 16.5. The van der Waals surface area contributed by atoms with E-state index in [9.17, 15) is 14.7 Å². The molecule has 0 aliphatic carbocycles. The lowest BCUT2D eigenvalue weighted by molar-refractivity contribution is -0.140. The third kappa shape index (κ3) is 5.35. The predicted octanol–water partition coefficient (Wildman–Crippen LogP) is 5.79. The minimum Gasteiger partial charge on any atom is -0.507 e. The zero-order valence-electron chi connectivity index (χ0n) is 23.4. The van der Waals surface area contributed by atoms with Crippen LogP contribution in [0.2, 0.25) is 0 Å². The minimum absolute atomic E-state index is 0.0492. The first-order valence-electron chi connectivity index (χ1n) is 13.2. The number of benzene rings is 3. The van der Waals surface area contributed by atoms with Gasteiger partial charge in [0.2, 0.25) is 0 Å². The van der Waals surface area contributed by atoms with Crippen LogP contribution in [-0.2, 0) is 16.1 Å². The summed E-state index contributed by atoms with van der Waals surface area (Å²) >= 11 is 0. The number of aryl methyl sites for hydroxylation is 2. The molecule has 1 amide bonds. The summed E-state index contributed by atoms with van der Waals surface area (Å²) in [6.07, 6.45) is 0. The van der Waals surface area contributed by atoms with Crippen molar-refractivity contribution in [1.82, 2.24) is 4.90 Å². The molecule has 1 unspecified atom stereocenters. The predicted molar refractivity (Wildman–Crippen MR) is 153 cm³/mol. The highest BCUT2D eigenvalue weighted by Crippen LogP contribution is 2.42. The van der Waals surface area contributed by atoms with Gasteiger partial charge in [0.15, 0.2) is 11.5 Å². The standard InChI is InChI=1S/C32H36N2O5/c1-7-33(8-2)25-14-11-22(12-15-25)29-28(30(35)23-13-16-26(38-5)27(18-23)39-6)31(36)32(37)34(29)19-24-17-20(3)9-10-21(24)4/h9-18,29,35H,7-8,19H2,1-6H3/b30-28-. The Labute approximate surface area is 230 Å². The topological polar surface area (TPSA) is 79.3 Å². The van der Waals surface area contributed by atoms with Gasteiger partial charge in [0.25, 0.3) is 11.7 Å². The third-order valence-electron chi connectivity index (χ3n) is 7.38. The maximum atomic E-state index is 13.5. The highest BCUT2D eigenvalue weighted by atomic mass is 16.5. The van der Waals surface area contributed by atoms with Crippen molar-refractivity contribution < 1.29 is 24.2 Å². The maximum absolute atomic E-state index is 13.5. The first kappa shape index (κ1) is 27.8. The van der Waals surface area contributed by atoms with Crippen molar-refractivity contribution in [3.05, 3.63) is 94.1 Å². The van der Waals surface area contributed by atoms with Gasteiger partial charge in [-0.15, -0.1) is 0 Å². The van der Waals surface area contributed by atoms with E-state index in [1.807, 2.05) is 56.3 Å². The van der Waals surface area contributed by atoms with Gasteiger partial charge in [-0.2, -0.15) is 0 Å². The Balaban J connectivity index is 1.87. The highest BCUT2D eigenvalue weighted by molar-refractivity contribution is 6.46. The number of anilines is 1. The fourth-order valence-electron chi connectivity index (χ4n) is 5.14. The smallest absolute Gasteiger partial charge is 0.295 e. The van der Waals surface area contributed by atoms with E-state index in [0.717, 1.165) is 41.0 Å². The number of nitrogens with zero attached hydrogens (tertiary/aromatic N) is 2. The largest absolute Gasteiger partial charge is 0.507 e. The lowest BCUT2D eigenvalue weighted by Gasteiger charge is -2.27. The number of ketones is 1. The summed E-state index contributed by atoms with van der Waals surface area (Å²) in [7, 11) is 3.03. The summed E-state index contributed by atoms with van der Waals surface area (Å²) in [4.78, 5) is 30.8. The molecule has 1 aliphatic rings. The van der Waals surface area contributed by atoms with Crippen LogP contribution in [0.15, 0.2) is 66.2 Å². The molecule has 39 heavy (non-hydrogen) atoms. The molecule has 1 heterocycles. The Hall–Kier alpha value is -4.26. The number of ether oxygens (including phenoxy) is 2. The Morgan fingerprint density at radius 3 is 2.18 bits per heavy atom. The van der Waals surface area contributed by atoms with Gasteiger partial charge in [0.1, 0.15) is 5.76 Å². The van der Waals surface area contributed by atoms with E-state index in [2.05, 4.69) is 18.7 Å². The number of likely N-dealkylation sites (tertiary alicyclic amines) is 1. The molecule has 3 aromatic carbocycles. The minimum atomic E-state index is -0.760. The van der Waals surface area contributed by atoms with E-state index in [0.29, 0.717) is 17.1 Å². The zero-order chi connectivity index (χ0) is 28.3. The van der Waals surface area contributed by atoms with Gasteiger partial charge in [0, 0.05) is 30.9 Å². The van der Waals surface area contributed by atoms with Crippen LogP contribution in [0.1, 0.15) is 47.7 Å². The number of carbonyl (C=O) groups excluding carboxylic acids is 2. The molecule has 1 N–H and O–H groups in total. The SMILES string of the molecule is CCN(CC)c1ccc(C2/C(=C(/O)c3ccc(OC)c(OC)c3)C(=O)C(=O)N2Cc2cc(C)ccc2C)cc1. The number of rotatable bonds is 9. The van der Waals surface area contributed by atoms with E-state index in [1.54, 1.807) is 23.1 Å². The number of amides is 1. The van der Waals surface area contributed by atoms with Gasteiger partial charge < -0.3 is 24.4 Å². The molecule has 7 heteroatoms. The maximum Gasteiger partial charge on any atom is 0.295 e. The van der Waals surface area contributed by atoms with Crippen molar-refractivity contribution in [2.24, 2.45) is 0 Å². The van der Waals surface area contributed by atoms with Gasteiger partial charge in [0.05, 0.1) is 25.8 Å². The summed E-state index contributed by atoms with van der Waals surface area (Å²) in [5.74, 6) is -0.712. The van der Waals surface area contributed by atoms with Crippen LogP contribution in [0, 0.1) is 13.8 Å². The number of Topliss-reactive ketones (excluding diaryl/α,β-unsaturated/α-hetero) is 1. The number of methoxy groups -OCH3 is 2. The van der Waals surface area contributed by atoms with Crippen LogP contribution in [0.25, 0.3) is 5.76 Å². The molecule has 0 bridgehead atoms. The second kappa shape index (κ2) is 11.6. The van der Waals surface area contributed by atoms with Gasteiger partial charge >= 0.3 is 0 Å². The quantitative estimate of drug-likeness (QED) is 0.215. The fourth-order valence-corrected chi connectivity index (χ4v) is 5.14. The second-order valence-corrected chi connectivity index (χ2v) is 9.69.